The van der Waals surface area contributed by atoms with Crippen molar-refractivity contribution in [3.63, 3.8) is 0 Å². The summed E-state index contributed by atoms with van der Waals surface area (Å²) in [6, 6.07) is 62.9. The third kappa shape index (κ3) is 25.8. The Labute approximate surface area is 810 Å². The summed E-state index contributed by atoms with van der Waals surface area (Å²) < 4.78 is 19.3. The van der Waals surface area contributed by atoms with Gasteiger partial charge in [-0.3, -0.25) is 61.9 Å². The van der Waals surface area contributed by atoms with Crippen molar-refractivity contribution in [1.82, 2.24) is 39.1 Å². The molecule has 0 bridgehead atoms. The predicted octanol–water partition coefficient (Wildman–Crippen LogP) is 11.7. The van der Waals surface area contributed by atoms with E-state index in [-0.39, 0.29) is 184 Å². The molecule has 8 aliphatic rings. The Balaban J connectivity index is 0.000000168. The molecule has 0 unspecified atom stereocenters. The van der Waals surface area contributed by atoms with Crippen molar-refractivity contribution < 1.29 is 93.8 Å². The maximum Gasteiger partial charge on any atom is 1.00 e. The average Bonchev–Trinajstić information content (AvgIpc) is 1.61. The minimum Gasteiger partial charge on any atom is -1.00 e. The van der Waals surface area contributed by atoms with Crippen LogP contribution in [0, 0.1) is 69.0 Å². The maximum absolute atomic E-state index is 12.4. The number of hydrogen-bond donors (Lipinski definition) is 6. The number of nitrogens with two attached hydrogens (primary N) is 4. The van der Waals surface area contributed by atoms with E-state index in [1.54, 1.807) is 55.6 Å². The summed E-state index contributed by atoms with van der Waals surface area (Å²) in [7, 11) is 0. The molecule has 6 aromatic carbocycles. The Morgan fingerprint density at radius 3 is 0.822 bits per heavy atom. The SMILES string of the molecule is N#CCC1(n2cc(C(N)=O)c(CC(=O)C3CC3)n2)CCC(=O)CC1.N#CCC1(n2cc(C(N)=O)c(CC(=O)C3CC3)n2)CCC(O)CC1.N#CCC1(n2cc(C(N)=O)c(CC(=O)C3CC3)n2)CCC(Oc2ccc(-c3ccccc3)cc2)CC1.N#CCC1(n2cc(C(N)=O)c(CC(=O)C3CC3)n2)CCC(Oc2ccc(-c3ccccc3)cc2)CC1.Oc1ccc(-c2ccccc2)cc1.[B].[H-].[Na+]. The molecule has 31 heteroatoms. The number of nitriles is 4. The minimum atomic E-state index is -0.626. The van der Waals surface area contributed by atoms with Gasteiger partial charge in [0.2, 0.25) is 0 Å². The third-order valence-corrected chi connectivity index (χ3v) is 27.2. The number of phenolic OH excluding ortho intramolecular Hbond substituents is 1. The largest absolute Gasteiger partial charge is 1.00 e. The number of nitrogens with zero attached hydrogens (tertiary/aromatic N) is 12. The molecule has 0 aliphatic heterocycles. The number of ketones is 5. The van der Waals surface area contributed by atoms with Gasteiger partial charge in [-0.25, -0.2) is 0 Å². The number of phenols is 1. The quantitative estimate of drug-likeness (QED) is 0.0220. The number of hydrogen-bond acceptors (Lipinski definition) is 21. The van der Waals surface area contributed by atoms with E-state index >= 15 is 0 Å². The van der Waals surface area contributed by atoms with Crippen LogP contribution in [0.25, 0.3) is 33.4 Å². The topological polar surface area (TPSA) is 483 Å². The number of aliphatic hydroxyl groups is 1. The summed E-state index contributed by atoms with van der Waals surface area (Å²) in [6.45, 7) is 0. The fourth-order valence-electron chi connectivity index (χ4n) is 18.4. The number of amides is 4. The smallest absolute Gasteiger partial charge is 1.00 e. The second kappa shape index (κ2) is 45.7. The van der Waals surface area contributed by atoms with E-state index in [9.17, 15) is 69.3 Å². The molecular formula is C104H113BN16NaO13. The number of carbonyl (C=O) groups is 9. The molecule has 4 heterocycles. The number of Topliss-reactive ketones (excluding diaryl/α,β-unsaturated/α-hetero) is 5. The molecule has 29 nitrogen and oxygen atoms in total. The zero-order valence-corrected chi connectivity index (χ0v) is 78.2. The van der Waals surface area contributed by atoms with Crippen LogP contribution in [0.1, 0.15) is 245 Å². The number of aromatic hydroxyl groups is 1. The second-order valence-electron chi connectivity index (χ2n) is 36.7. The van der Waals surface area contributed by atoms with Crippen LogP contribution >= 0.6 is 0 Å². The van der Waals surface area contributed by atoms with Crippen molar-refractivity contribution in [2.24, 2.45) is 46.6 Å². The van der Waals surface area contributed by atoms with Gasteiger partial charge in [-0.05, 0) is 211 Å². The van der Waals surface area contributed by atoms with E-state index in [0.717, 1.165) is 116 Å². The van der Waals surface area contributed by atoms with E-state index < -0.39 is 45.8 Å². The first-order valence-electron chi connectivity index (χ1n) is 46.0. The summed E-state index contributed by atoms with van der Waals surface area (Å²) in [5.74, 6) is 0.419. The van der Waals surface area contributed by atoms with Gasteiger partial charge in [0.25, 0.3) is 23.6 Å². The third-order valence-electron chi connectivity index (χ3n) is 27.2. The van der Waals surface area contributed by atoms with Crippen LogP contribution in [0.3, 0.4) is 0 Å². The molecule has 4 aromatic heterocycles. The Hall–Kier alpha value is -13.2. The Morgan fingerprint density at radius 2 is 0.585 bits per heavy atom. The van der Waals surface area contributed by atoms with Crippen molar-refractivity contribution in [1.29, 1.82) is 21.0 Å². The van der Waals surface area contributed by atoms with Gasteiger partial charge in [0.05, 0.1) is 161 Å². The maximum atomic E-state index is 12.4. The van der Waals surface area contributed by atoms with E-state index in [1.807, 2.05) is 103 Å². The fourth-order valence-corrected chi connectivity index (χ4v) is 18.4. The number of carbonyl (C=O) groups excluding carboxylic acids is 9. The van der Waals surface area contributed by atoms with Crippen LogP contribution in [0.5, 0.6) is 17.2 Å². The van der Waals surface area contributed by atoms with Gasteiger partial charge in [-0.1, -0.05) is 127 Å². The van der Waals surface area contributed by atoms with E-state index in [4.69, 9.17) is 37.5 Å². The van der Waals surface area contributed by atoms with Gasteiger partial charge in [0.15, 0.2) is 0 Å². The van der Waals surface area contributed by atoms with Crippen molar-refractivity contribution >= 4 is 61.0 Å². The standard InChI is InChI=1S/2C29H30N4O3.C17H22N4O3.C17H20N4O3.C12H10O.B.Na.H/c2*30-17-16-29(33-19-25(28(31)35)26(32-33)18-27(34)22-6-7-22)14-12-24(13-15-29)36-23-10-8-21(9-11-23)20-4-2-1-3-5-20;2*18-8-7-17(5-3-12(22)4-6-17)21-10-13(16(19)24)14(20-21)9-15(23)11-1-2-11;13-12-8-6-11(7-9-12)10-4-2-1-3-5-10;;;/h2*1-5,8-11,19,22,24H,6-7,12-16,18H2,(H2,31,35);10-12,22H,1-7,9H2,(H2,19,24);10-11H,1-7,9H2,(H2,19,24);1-9,13H;;;/q;;;;;;+1;-1. The first kappa shape index (κ1) is 101. The molecule has 8 aliphatic carbocycles. The number of rotatable bonds is 31. The summed E-state index contributed by atoms with van der Waals surface area (Å²) >= 11 is 0. The van der Waals surface area contributed by atoms with Crippen molar-refractivity contribution in [3.05, 3.63) is 234 Å². The van der Waals surface area contributed by atoms with Crippen LogP contribution in [0.4, 0.5) is 0 Å². The zero-order valence-electron chi connectivity index (χ0n) is 77.2. The number of aliphatic hydroxyl groups excluding tert-OH is 1. The first-order chi connectivity index (χ1) is 64.2. The van der Waals surface area contributed by atoms with E-state index in [2.05, 4.69) is 93.2 Å². The molecular weight excluding hydrogens is 1720 g/mol. The molecule has 0 saturated heterocycles. The molecule has 10 N–H and O–H groups in total. The molecule has 4 amide bonds. The molecule has 0 atom stereocenters. The first-order valence-corrected chi connectivity index (χ1v) is 46.0. The molecule has 10 aromatic rings. The Morgan fingerprint density at radius 1 is 0.356 bits per heavy atom. The van der Waals surface area contributed by atoms with Gasteiger partial charge in [0.1, 0.15) is 46.2 Å². The molecule has 8 saturated carbocycles. The van der Waals surface area contributed by atoms with Crippen LogP contribution in [-0.2, 0) is 71.8 Å². The Bertz CT molecular complexity index is 5820. The molecule has 8 fully saturated rings. The summed E-state index contributed by atoms with van der Waals surface area (Å²) in [5.41, 5.74) is 29.5. The van der Waals surface area contributed by atoms with Crippen molar-refractivity contribution in [3.8, 4) is 74.9 Å². The van der Waals surface area contributed by atoms with Crippen molar-refractivity contribution in [2.45, 2.75) is 246 Å². The monoisotopic (exact) mass is 1830 g/mol. The number of benzene rings is 6. The second-order valence-corrected chi connectivity index (χ2v) is 36.7. The van der Waals surface area contributed by atoms with E-state index in [0.29, 0.717) is 106 Å². The fraction of sp³-hybridized carbons (Fsp3) is 0.413. The average molecular weight is 1830 g/mol. The van der Waals surface area contributed by atoms with Gasteiger partial charge >= 0.3 is 29.6 Å². The summed E-state index contributed by atoms with van der Waals surface area (Å²) in [6.07, 6.45) is 24.7. The van der Waals surface area contributed by atoms with E-state index in [1.165, 1.54) is 5.56 Å². The summed E-state index contributed by atoms with van der Waals surface area (Å²) in [5, 5.41) is 74.7. The van der Waals surface area contributed by atoms with Crippen LogP contribution < -0.4 is 62.0 Å². The summed E-state index contributed by atoms with van der Waals surface area (Å²) in [4.78, 5) is 108. The molecule has 0 spiro atoms. The van der Waals surface area contributed by atoms with Crippen LogP contribution in [0.15, 0.2) is 189 Å². The van der Waals surface area contributed by atoms with Gasteiger partial charge in [-0.2, -0.15) is 41.4 Å². The molecule has 691 valence electrons. The van der Waals surface area contributed by atoms with Gasteiger partial charge in [-0.15, -0.1) is 0 Å². The van der Waals surface area contributed by atoms with Crippen molar-refractivity contribution in [2.75, 3.05) is 0 Å². The minimum absolute atomic E-state index is 0. The van der Waals surface area contributed by atoms with Gasteiger partial charge < -0.3 is 44.0 Å². The van der Waals surface area contributed by atoms with Crippen LogP contribution in [-0.4, -0.2) is 129 Å². The normalized spacial score (nSPS) is 20.7. The Kier molecular flexibility index (Phi) is 34.1. The number of primary amides is 4. The molecule has 18 rings (SSSR count). The number of aromatic nitrogens is 8. The van der Waals surface area contributed by atoms with Crippen LogP contribution in [0.2, 0.25) is 0 Å². The number of ether oxygens (including phenoxy) is 2. The molecule has 3 radical (unpaired) electrons. The zero-order chi connectivity index (χ0) is 94.0. The molecule has 135 heavy (non-hydrogen) atoms. The predicted molar refractivity (Wildman–Crippen MR) is 499 cm³/mol. The van der Waals surface area contributed by atoms with Gasteiger partial charge in [0, 0.05) is 69.7 Å².